The molecule has 0 spiro atoms. The molecular formula is C15H22N2O. The molecule has 0 atom stereocenters. The van der Waals surface area contributed by atoms with E-state index in [1.54, 1.807) is 0 Å². The summed E-state index contributed by atoms with van der Waals surface area (Å²) in [7, 11) is 0. The minimum absolute atomic E-state index is 0.0451. The molecule has 18 heavy (non-hydrogen) atoms. The Kier molecular flexibility index (Phi) is 3.60. The maximum absolute atomic E-state index is 12.2. The second kappa shape index (κ2) is 5.01. The van der Waals surface area contributed by atoms with Gasteiger partial charge in [-0.15, -0.1) is 0 Å². The highest BCUT2D eigenvalue weighted by molar-refractivity contribution is 5.98. The average molecular weight is 246 g/mol. The second-order valence-electron chi connectivity index (χ2n) is 5.42. The van der Waals surface area contributed by atoms with Crippen molar-refractivity contribution in [2.45, 2.75) is 33.7 Å². The number of rotatable bonds is 2. The Morgan fingerprint density at radius 3 is 2.22 bits per heavy atom. The van der Waals surface area contributed by atoms with E-state index < -0.39 is 0 Å². The number of hydrogen-bond acceptors (Lipinski definition) is 2. The van der Waals surface area contributed by atoms with Gasteiger partial charge < -0.3 is 9.80 Å². The molecule has 0 aliphatic carbocycles. The first-order chi connectivity index (χ1) is 8.52. The number of anilines is 2. The van der Waals surface area contributed by atoms with E-state index in [4.69, 9.17) is 0 Å². The Labute approximate surface area is 109 Å². The molecule has 0 saturated heterocycles. The lowest BCUT2D eigenvalue weighted by molar-refractivity contribution is -0.121. The number of benzene rings is 1. The largest absolute Gasteiger partial charge is 0.366 e. The molecule has 98 valence electrons. The molecular weight excluding hydrogens is 224 g/mol. The molecule has 1 aliphatic rings. The van der Waals surface area contributed by atoms with Crippen molar-refractivity contribution in [3.8, 4) is 0 Å². The minimum atomic E-state index is 0.0451. The van der Waals surface area contributed by atoms with Crippen molar-refractivity contribution in [2.24, 2.45) is 5.92 Å². The summed E-state index contributed by atoms with van der Waals surface area (Å²) in [6, 6.07) is 8.66. The predicted molar refractivity (Wildman–Crippen MR) is 76.1 cm³/mol. The molecule has 0 saturated carbocycles. The van der Waals surface area contributed by atoms with Crippen molar-refractivity contribution in [3.05, 3.63) is 24.3 Å². The molecule has 3 nitrogen and oxygen atoms in total. The lowest BCUT2D eigenvalue weighted by Crippen LogP contribution is -2.47. The zero-order valence-electron chi connectivity index (χ0n) is 11.7. The van der Waals surface area contributed by atoms with Gasteiger partial charge in [0.1, 0.15) is 0 Å². The van der Waals surface area contributed by atoms with Crippen molar-refractivity contribution in [3.63, 3.8) is 0 Å². The molecule has 1 aromatic carbocycles. The van der Waals surface area contributed by atoms with Crippen LogP contribution in [0.2, 0.25) is 0 Å². The van der Waals surface area contributed by atoms with Gasteiger partial charge in [0.25, 0.3) is 0 Å². The Morgan fingerprint density at radius 1 is 1.06 bits per heavy atom. The van der Waals surface area contributed by atoms with E-state index >= 15 is 0 Å². The third-order valence-corrected chi connectivity index (χ3v) is 3.43. The summed E-state index contributed by atoms with van der Waals surface area (Å²) in [6.45, 7) is 9.99. The maximum atomic E-state index is 12.2. The SMILES string of the molecule is CC(C)C(=O)N1CCN(C(C)C)c2ccccc21. The highest BCUT2D eigenvalue weighted by atomic mass is 16.2. The lowest BCUT2D eigenvalue weighted by Gasteiger charge is -2.40. The summed E-state index contributed by atoms with van der Waals surface area (Å²) in [4.78, 5) is 16.5. The van der Waals surface area contributed by atoms with Gasteiger partial charge in [-0.05, 0) is 26.0 Å². The van der Waals surface area contributed by atoms with Gasteiger partial charge in [-0.2, -0.15) is 0 Å². The van der Waals surface area contributed by atoms with E-state index in [-0.39, 0.29) is 11.8 Å². The van der Waals surface area contributed by atoms with Gasteiger partial charge in [0.2, 0.25) is 5.91 Å². The number of carbonyl (C=O) groups excluding carboxylic acids is 1. The maximum Gasteiger partial charge on any atom is 0.229 e. The van der Waals surface area contributed by atoms with Crippen LogP contribution in [-0.2, 0) is 4.79 Å². The fourth-order valence-electron chi connectivity index (χ4n) is 2.46. The van der Waals surface area contributed by atoms with Crippen molar-refractivity contribution in [1.82, 2.24) is 0 Å². The first kappa shape index (κ1) is 12.9. The number of amides is 1. The number of nitrogens with zero attached hydrogens (tertiary/aromatic N) is 2. The first-order valence-corrected chi connectivity index (χ1v) is 6.69. The fourth-order valence-corrected chi connectivity index (χ4v) is 2.46. The van der Waals surface area contributed by atoms with E-state index in [0.717, 1.165) is 18.8 Å². The number of hydrogen-bond donors (Lipinski definition) is 0. The van der Waals surface area contributed by atoms with Crippen LogP contribution in [0.1, 0.15) is 27.7 Å². The molecule has 1 amide bonds. The molecule has 1 aromatic rings. The van der Waals surface area contributed by atoms with E-state index in [1.165, 1.54) is 5.69 Å². The highest BCUT2D eigenvalue weighted by Gasteiger charge is 2.28. The molecule has 0 bridgehead atoms. The average Bonchev–Trinajstić information content (AvgIpc) is 2.36. The standard InChI is InChI=1S/C15H22N2O/c1-11(2)15(18)17-10-9-16(12(3)4)13-7-5-6-8-14(13)17/h5-8,11-12H,9-10H2,1-4H3. The summed E-state index contributed by atoms with van der Waals surface area (Å²) in [5.74, 6) is 0.259. The van der Waals surface area contributed by atoms with Crippen LogP contribution in [0.15, 0.2) is 24.3 Å². The lowest BCUT2D eigenvalue weighted by atomic mass is 10.1. The molecule has 0 fully saturated rings. The molecule has 0 radical (unpaired) electrons. The molecule has 1 heterocycles. The summed E-state index contributed by atoms with van der Waals surface area (Å²) in [6.07, 6.45) is 0. The Balaban J connectivity index is 2.39. The van der Waals surface area contributed by atoms with Crippen molar-refractivity contribution >= 4 is 17.3 Å². The highest BCUT2D eigenvalue weighted by Crippen LogP contribution is 2.34. The van der Waals surface area contributed by atoms with Gasteiger partial charge in [-0.25, -0.2) is 0 Å². The first-order valence-electron chi connectivity index (χ1n) is 6.69. The fraction of sp³-hybridized carbons (Fsp3) is 0.533. The van der Waals surface area contributed by atoms with Crippen molar-refractivity contribution in [1.29, 1.82) is 0 Å². The van der Waals surface area contributed by atoms with Crippen LogP contribution in [0.5, 0.6) is 0 Å². The van der Waals surface area contributed by atoms with Gasteiger partial charge in [0.15, 0.2) is 0 Å². The Morgan fingerprint density at radius 2 is 1.67 bits per heavy atom. The molecule has 2 rings (SSSR count). The molecule has 0 unspecified atom stereocenters. The van der Waals surface area contributed by atoms with Gasteiger partial charge >= 0.3 is 0 Å². The normalized spacial score (nSPS) is 15.2. The topological polar surface area (TPSA) is 23.6 Å². The molecule has 0 N–H and O–H groups in total. The van der Waals surface area contributed by atoms with Crippen molar-refractivity contribution < 1.29 is 4.79 Å². The summed E-state index contributed by atoms with van der Waals surface area (Å²) >= 11 is 0. The van der Waals surface area contributed by atoms with Crippen LogP contribution in [0.3, 0.4) is 0 Å². The number of carbonyl (C=O) groups is 1. The zero-order valence-corrected chi connectivity index (χ0v) is 11.7. The monoisotopic (exact) mass is 246 g/mol. The van der Waals surface area contributed by atoms with Crippen LogP contribution >= 0.6 is 0 Å². The molecule has 3 heteroatoms. The third-order valence-electron chi connectivity index (χ3n) is 3.43. The number of para-hydroxylation sites is 2. The summed E-state index contributed by atoms with van der Waals surface area (Å²) in [5.41, 5.74) is 2.23. The van der Waals surface area contributed by atoms with Crippen LogP contribution in [0, 0.1) is 5.92 Å². The predicted octanol–water partition coefficient (Wildman–Crippen LogP) is 2.90. The van der Waals surface area contributed by atoms with E-state index in [1.807, 2.05) is 36.9 Å². The summed E-state index contributed by atoms with van der Waals surface area (Å²) < 4.78 is 0. The van der Waals surface area contributed by atoms with Crippen LogP contribution in [0.25, 0.3) is 0 Å². The van der Waals surface area contributed by atoms with Gasteiger partial charge in [0, 0.05) is 25.0 Å². The van der Waals surface area contributed by atoms with Gasteiger partial charge in [-0.1, -0.05) is 26.0 Å². The quantitative estimate of drug-likeness (QED) is 0.801. The van der Waals surface area contributed by atoms with E-state index in [2.05, 4.69) is 24.8 Å². The third kappa shape index (κ3) is 2.22. The second-order valence-corrected chi connectivity index (χ2v) is 5.42. The summed E-state index contributed by atoms with van der Waals surface area (Å²) in [5, 5.41) is 0. The molecule has 1 aliphatic heterocycles. The minimum Gasteiger partial charge on any atom is -0.366 e. The van der Waals surface area contributed by atoms with Gasteiger partial charge in [0.05, 0.1) is 11.4 Å². The van der Waals surface area contributed by atoms with Crippen LogP contribution < -0.4 is 9.80 Å². The molecule has 0 aromatic heterocycles. The van der Waals surface area contributed by atoms with E-state index in [9.17, 15) is 4.79 Å². The van der Waals surface area contributed by atoms with Crippen LogP contribution in [-0.4, -0.2) is 25.0 Å². The van der Waals surface area contributed by atoms with Gasteiger partial charge in [-0.3, -0.25) is 4.79 Å². The smallest absolute Gasteiger partial charge is 0.229 e. The van der Waals surface area contributed by atoms with Crippen LogP contribution in [0.4, 0.5) is 11.4 Å². The van der Waals surface area contributed by atoms with Crippen molar-refractivity contribution in [2.75, 3.05) is 22.9 Å². The Bertz CT molecular complexity index is 440. The van der Waals surface area contributed by atoms with E-state index in [0.29, 0.717) is 6.04 Å². The zero-order chi connectivity index (χ0) is 13.3. The number of fused-ring (bicyclic) bond motifs is 1. The Hall–Kier alpha value is -1.51.